The fourth-order valence-corrected chi connectivity index (χ4v) is 1.06. The number of ether oxygens (including phenoxy) is 3. The van der Waals surface area contributed by atoms with Crippen LogP contribution in [0.3, 0.4) is 0 Å². The SMILES string of the molecule is COCCOCO[C@H](/C=C/Br)[C@@H](C)O. The summed E-state index contributed by atoms with van der Waals surface area (Å²) in [6.45, 7) is 2.83. The van der Waals surface area contributed by atoms with Crippen molar-refractivity contribution in [2.45, 2.75) is 19.1 Å². The van der Waals surface area contributed by atoms with Crippen LogP contribution in [0.4, 0.5) is 0 Å². The molecule has 0 aliphatic carbocycles. The molecular weight excluding hydrogens is 252 g/mol. The summed E-state index contributed by atoms with van der Waals surface area (Å²) in [6.07, 6.45) is 0.802. The lowest BCUT2D eigenvalue weighted by Crippen LogP contribution is -2.25. The van der Waals surface area contributed by atoms with Gasteiger partial charge in [-0.15, -0.1) is 0 Å². The van der Waals surface area contributed by atoms with Gasteiger partial charge in [-0.3, -0.25) is 0 Å². The molecule has 0 fully saturated rings. The highest BCUT2D eigenvalue weighted by Crippen LogP contribution is 2.03. The lowest BCUT2D eigenvalue weighted by Gasteiger charge is -2.16. The van der Waals surface area contributed by atoms with E-state index in [1.165, 1.54) is 0 Å². The van der Waals surface area contributed by atoms with Crippen molar-refractivity contribution in [3.63, 3.8) is 0 Å². The maximum Gasteiger partial charge on any atom is 0.147 e. The van der Waals surface area contributed by atoms with Gasteiger partial charge in [-0.25, -0.2) is 0 Å². The van der Waals surface area contributed by atoms with Gasteiger partial charge in [-0.2, -0.15) is 0 Å². The molecule has 0 unspecified atom stereocenters. The van der Waals surface area contributed by atoms with Gasteiger partial charge in [0.05, 0.1) is 19.3 Å². The highest BCUT2D eigenvalue weighted by Gasteiger charge is 2.11. The molecule has 0 saturated heterocycles. The summed E-state index contributed by atoms with van der Waals surface area (Å²) in [4.78, 5) is 1.65. The highest BCUT2D eigenvalue weighted by molar-refractivity contribution is 9.11. The maximum atomic E-state index is 9.27. The molecular formula is C9H17BrO4. The van der Waals surface area contributed by atoms with Crippen LogP contribution in [0.15, 0.2) is 11.1 Å². The largest absolute Gasteiger partial charge is 0.390 e. The van der Waals surface area contributed by atoms with Crippen molar-refractivity contribution in [2.75, 3.05) is 27.1 Å². The molecule has 14 heavy (non-hydrogen) atoms. The molecule has 0 bridgehead atoms. The molecule has 1 N–H and O–H groups in total. The van der Waals surface area contributed by atoms with Crippen LogP contribution in [0.25, 0.3) is 0 Å². The van der Waals surface area contributed by atoms with Gasteiger partial charge in [0.15, 0.2) is 0 Å². The molecule has 0 heterocycles. The minimum Gasteiger partial charge on any atom is -0.390 e. The Balaban J connectivity index is 3.51. The first-order valence-electron chi connectivity index (χ1n) is 4.35. The van der Waals surface area contributed by atoms with Crippen LogP contribution in [-0.4, -0.2) is 44.4 Å². The molecule has 2 atom stereocenters. The Hall–Kier alpha value is 0.0600. The van der Waals surface area contributed by atoms with Gasteiger partial charge in [0.2, 0.25) is 0 Å². The molecule has 0 aliphatic rings. The van der Waals surface area contributed by atoms with Gasteiger partial charge >= 0.3 is 0 Å². The first-order chi connectivity index (χ1) is 6.72. The molecule has 0 rings (SSSR count). The summed E-state index contributed by atoms with van der Waals surface area (Å²) in [5, 5.41) is 9.27. The van der Waals surface area contributed by atoms with E-state index in [-0.39, 0.29) is 12.9 Å². The van der Waals surface area contributed by atoms with Crippen LogP contribution < -0.4 is 0 Å². The minimum atomic E-state index is -0.560. The van der Waals surface area contributed by atoms with Gasteiger partial charge in [0.25, 0.3) is 0 Å². The Kier molecular flexibility index (Phi) is 9.65. The van der Waals surface area contributed by atoms with E-state index in [0.29, 0.717) is 13.2 Å². The summed E-state index contributed by atoms with van der Waals surface area (Å²) in [7, 11) is 1.61. The van der Waals surface area contributed by atoms with Crippen LogP contribution in [0, 0.1) is 0 Å². The monoisotopic (exact) mass is 268 g/mol. The molecule has 0 amide bonds. The molecule has 0 aromatic rings. The van der Waals surface area contributed by atoms with E-state index in [1.54, 1.807) is 25.1 Å². The molecule has 84 valence electrons. The molecule has 0 aromatic heterocycles. The van der Waals surface area contributed by atoms with Gasteiger partial charge < -0.3 is 19.3 Å². The zero-order valence-electron chi connectivity index (χ0n) is 8.48. The Morgan fingerprint density at radius 2 is 2.14 bits per heavy atom. The molecule has 0 spiro atoms. The highest BCUT2D eigenvalue weighted by atomic mass is 79.9. The van der Waals surface area contributed by atoms with Crippen LogP contribution in [0.5, 0.6) is 0 Å². The average molecular weight is 269 g/mol. The average Bonchev–Trinajstić information content (AvgIpc) is 2.15. The van der Waals surface area contributed by atoms with E-state index >= 15 is 0 Å². The van der Waals surface area contributed by atoms with Crippen molar-refractivity contribution < 1.29 is 19.3 Å². The number of aliphatic hydroxyl groups excluding tert-OH is 1. The summed E-state index contributed by atoms with van der Waals surface area (Å²) >= 11 is 3.12. The van der Waals surface area contributed by atoms with Crippen molar-refractivity contribution in [3.05, 3.63) is 11.1 Å². The third-order valence-electron chi connectivity index (χ3n) is 1.51. The lowest BCUT2D eigenvalue weighted by atomic mass is 10.2. The smallest absolute Gasteiger partial charge is 0.147 e. The van der Waals surface area contributed by atoms with Crippen molar-refractivity contribution >= 4 is 15.9 Å². The Labute approximate surface area is 93.0 Å². The molecule has 0 aliphatic heterocycles. The van der Waals surface area contributed by atoms with Crippen LogP contribution in [0.2, 0.25) is 0 Å². The normalized spacial score (nSPS) is 16.0. The number of aliphatic hydroxyl groups is 1. The fourth-order valence-electron chi connectivity index (χ4n) is 0.755. The summed E-state index contributed by atoms with van der Waals surface area (Å²) in [5.41, 5.74) is 0. The van der Waals surface area contributed by atoms with Crippen LogP contribution in [0.1, 0.15) is 6.92 Å². The topological polar surface area (TPSA) is 47.9 Å². The second-order valence-corrected chi connectivity index (χ2v) is 3.24. The number of halogens is 1. The summed E-state index contributed by atoms with van der Waals surface area (Å²) in [5.74, 6) is 0. The first-order valence-corrected chi connectivity index (χ1v) is 5.27. The predicted molar refractivity (Wildman–Crippen MR) is 57.3 cm³/mol. The molecule has 0 radical (unpaired) electrons. The zero-order valence-corrected chi connectivity index (χ0v) is 10.1. The molecule has 5 heteroatoms. The fraction of sp³-hybridized carbons (Fsp3) is 0.778. The van der Waals surface area contributed by atoms with Crippen LogP contribution in [-0.2, 0) is 14.2 Å². The van der Waals surface area contributed by atoms with E-state index in [1.807, 2.05) is 0 Å². The van der Waals surface area contributed by atoms with Gasteiger partial charge in [0, 0.05) is 7.11 Å². The zero-order chi connectivity index (χ0) is 10.8. The van der Waals surface area contributed by atoms with E-state index in [9.17, 15) is 5.11 Å². The van der Waals surface area contributed by atoms with Crippen molar-refractivity contribution in [3.8, 4) is 0 Å². The van der Waals surface area contributed by atoms with E-state index in [2.05, 4.69) is 15.9 Å². The first kappa shape index (κ1) is 14.1. The number of rotatable bonds is 8. The quantitative estimate of drug-likeness (QED) is 0.532. The van der Waals surface area contributed by atoms with Crippen molar-refractivity contribution in [1.82, 2.24) is 0 Å². The van der Waals surface area contributed by atoms with Crippen molar-refractivity contribution in [1.29, 1.82) is 0 Å². The number of hydrogen-bond acceptors (Lipinski definition) is 4. The summed E-state index contributed by atoms with van der Waals surface area (Å²) < 4.78 is 15.1. The summed E-state index contributed by atoms with van der Waals surface area (Å²) in [6, 6.07) is 0. The standard InChI is InChI=1S/C9H17BrO4/c1-8(11)9(3-4-10)14-7-13-6-5-12-2/h3-4,8-9,11H,5-7H2,1-2H3/b4-3+/t8-,9-/m1/s1. The van der Waals surface area contributed by atoms with E-state index in [0.717, 1.165) is 0 Å². The molecule has 0 saturated carbocycles. The van der Waals surface area contributed by atoms with E-state index < -0.39 is 6.10 Å². The third kappa shape index (κ3) is 7.46. The van der Waals surface area contributed by atoms with Crippen molar-refractivity contribution in [2.24, 2.45) is 0 Å². The lowest BCUT2D eigenvalue weighted by molar-refractivity contribution is -0.110. The van der Waals surface area contributed by atoms with E-state index in [4.69, 9.17) is 14.2 Å². The Morgan fingerprint density at radius 3 is 2.64 bits per heavy atom. The van der Waals surface area contributed by atoms with Gasteiger partial charge in [0.1, 0.15) is 12.9 Å². The Morgan fingerprint density at radius 1 is 1.43 bits per heavy atom. The second kappa shape index (κ2) is 9.61. The second-order valence-electron chi connectivity index (χ2n) is 2.71. The molecule has 4 nitrogen and oxygen atoms in total. The molecule has 0 aromatic carbocycles. The number of hydrogen-bond donors (Lipinski definition) is 1. The van der Waals surface area contributed by atoms with Gasteiger partial charge in [-0.1, -0.05) is 15.9 Å². The number of methoxy groups -OCH3 is 1. The maximum absolute atomic E-state index is 9.27. The van der Waals surface area contributed by atoms with Crippen LogP contribution >= 0.6 is 15.9 Å². The third-order valence-corrected chi connectivity index (χ3v) is 1.82. The Bertz CT molecular complexity index is 150. The minimum absolute atomic E-state index is 0.149. The van der Waals surface area contributed by atoms with Gasteiger partial charge in [-0.05, 0) is 18.0 Å². The predicted octanol–water partition coefficient (Wildman–Crippen LogP) is 1.28.